The van der Waals surface area contributed by atoms with Crippen LogP contribution in [0.4, 0.5) is 0 Å². The van der Waals surface area contributed by atoms with Gasteiger partial charge in [-0.05, 0) is 25.2 Å². The Morgan fingerprint density at radius 2 is 0.729 bits per heavy atom. The number of esters is 3. The zero-order valence-corrected chi connectivity index (χ0v) is 32.4. The number of unbranched alkanes of at least 4 members (excludes halogenated alkanes) is 23. The minimum absolute atomic E-state index is 0.0655. The highest BCUT2D eigenvalue weighted by molar-refractivity contribution is 5.71. The van der Waals surface area contributed by atoms with Crippen LogP contribution in [0.2, 0.25) is 0 Å². The monoisotopic (exact) mass is 681 g/mol. The smallest absolute Gasteiger partial charge is 0.306 e. The molecule has 0 saturated heterocycles. The van der Waals surface area contributed by atoms with Gasteiger partial charge in [0, 0.05) is 19.3 Å². The maximum atomic E-state index is 12.6. The van der Waals surface area contributed by atoms with Crippen LogP contribution in [-0.4, -0.2) is 37.2 Å². The number of hydrogen-bond acceptors (Lipinski definition) is 6. The van der Waals surface area contributed by atoms with E-state index in [1.54, 1.807) is 0 Å². The molecule has 0 rings (SSSR count). The fourth-order valence-electron chi connectivity index (χ4n) is 6.06. The molecule has 0 aliphatic heterocycles. The van der Waals surface area contributed by atoms with Crippen molar-refractivity contribution in [2.45, 2.75) is 233 Å². The second-order valence-corrected chi connectivity index (χ2v) is 14.5. The summed E-state index contributed by atoms with van der Waals surface area (Å²) < 4.78 is 16.6. The Bertz CT molecular complexity index is 723. The van der Waals surface area contributed by atoms with E-state index in [9.17, 15) is 14.4 Å². The summed E-state index contributed by atoms with van der Waals surface area (Å²) in [4.78, 5) is 37.4. The van der Waals surface area contributed by atoms with Crippen molar-refractivity contribution >= 4 is 17.9 Å². The van der Waals surface area contributed by atoms with Crippen molar-refractivity contribution in [2.24, 2.45) is 5.92 Å². The third-order valence-corrected chi connectivity index (χ3v) is 9.65. The van der Waals surface area contributed by atoms with Crippen LogP contribution in [-0.2, 0) is 28.6 Å². The minimum Gasteiger partial charge on any atom is -0.462 e. The van der Waals surface area contributed by atoms with Crippen LogP contribution in [0.25, 0.3) is 0 Å². The third-order valence-electron chi connectivity index (χ3n) is 9.65. The van der Waals surface area contributed by atoms with Gasteiger partial charge in [-0.15, -0.1) is 0 Å². The zero-order valence-electron chi connectivity index (χ0n) is 32.4. The van der Waals surface area contributed by atoms with Crippen LogP contribution in [0.15, 0.2) is 0 Å². The largest absolute Gasteiger partial charge is 0.462 e. The first-order valence-corrected chi connectivity index (χ1v) is 20.9. The van der Waals surface area contributed by atoms with E-state index in [2.05, 4.69) is 27.7 Å². The normalized spacial score (nSPS) is 12.5. The molecule has 0 heterocycles. The highest BCUT2D eigenvalue weighted by atomic mass is 16.6. The molecule has 1 unspecified atom stereocenters. The van der Waals surface area contributed by atoms with Gasteiger partial charge in [0.15, 0.2) is 6.10 Å². The fourth-order valence-corrected chi connectivity index (χ4v) is 6.06. The summed E-state index contributed by atoms with van der Waals surface area (Å²) in [6, 6.07) is 0. The molecule has 6 nitrogen and oxygen atoms in total. The standard InChI is InChI=1S/C42H80O6/c1-5-8-10-12-14-15-16-17-18-19-21-25-29-33-40(43)46-36-39(48-42(45)35-31-27-20-13-11-9-6-2)37-47-41(44)34-30-26-23-22-24-28-32-38(4)7-3/h38-39H,5-37H2,1-4H3/t38?,39-/m0/s1. The summed E-state index contributed by atoms with van der Waals surface area (Å²) in [5, 5.41) is 0. The molecule has 2 atom stereocenters. The van der Waals surface area contributed by atoms with Crippen LogP contribution < -0.4 is 0 Å². The van der Waals surface area contributed by atoms with Gasteiger partial charge in [0.05, 0.1) is 0 Å². The van der Waals surface area contributed by atoms with Gasteiger partial charge in [0.2, 0.25) is 0 Å². The van der Waals surface area contributed by atoms with Gasteiger partial charge in [0.1, 0.15) is 13.2 Å². The van der Waals surface area contributed by atoms with Crippen molar-refractivity contribution in [3.8, 4) is 0 Å². The molecule has 284 valence electrons. The quantitative estimate of drug-likeness (QED) is 0.0369. The first-order chi connectivity index (χ1) is 23.4. The number of ether oxygens (including phenoxy) is 3. The van der Waals surface area contributed by atoms with E-state index in [0.717, 1.165) is 63.7 Å². The number of carbonyl (C=O) groups excluding carboxylic acids is 3. The molecule has 0 spiro atoms. The molecule has 0 fully saturated rings. The zero-order chi connectivity index (χ0) is 35.3. The predicted octanol–water partition coefficient (Wildman–Crippen LogP) is 12.8. The van der Waals surface area contributed by atoms with E-state index in [1.807, 2.05) is 0 Å². The van der Waals surface area contributed by atoms with Gasteiger partial charge in [-0.3, -0.25) is 14.4 Å². The Morgan fingerprint density at radius 3 is 1.08 bits per heavy atom. The van der Waals surface area contributed by atoms with E-state index >= 15 is 0 Å². The molecule has 0 saturated carbocycles. The summed E-state index contributed by atoms with van der Waals surface area (Å²) in [5.74, 6) is -0.0545. The lowest BCUT2D eigenvalue weighted by atomic mass is 10.00. The Kier molecular flexibility index (Phi) is 35.5. The van der Waals surface area contributed by atoms with Crippen molar-refractivity contribution < 1.29 is 28.6 Å². The van der Waals surface area contributed by atoms with Crippen LogP contribution in [0.3, 0.4) is 0 Å². The minimum atomic E-state index is -0.757. The molecule has 0 N–H and O–H groups in total. The van der Waals surface area contributed by atoms with Gasteiger partial charge < -0.3 is 14.2 Å². The lowest BCUT2D eigenvalue weighted by Gasteiger charge is -2.18. The predicted molar refractivity (Wildman–Crippen MR) is 201 cm³/mol. The average Bonchev–Trinajstić information content (AvgIpc) is 3.08. The van der Waals surface area contributed by atoms with Crippen LogP contribution in [0, 0.1) is 5.92 Å². The van der Waals surface area contributed by atoms with Crippen molar-refractivity contribution in [1.29, 1.82) is 0 Å². The summed E-state index contributed by atoms with van der Waals surface area (Å²) in [5.41, 5.74) is 0. The molecule has 48 heavy (non-hydrogen) atoms. The maximum absolute atomic E-state index is 12.6. The van der Waals surface area contributed by atoms with Crippen molar-refractivity contribution in [3.05, 3.63) is 0 Å². The third kappa shape index (κ3) is 34.3. The topological polar surface area (TPSA) is 78.9 Å². The van der Waals surface area contributed by atoms with E-state index < -0.39 is 6.10 Å². The van der Waals surface area contributed by atoms with Crippen molar-refractivity contribution in [1.82, 2.24) is 0 Å². The van der Waals surface area contributed by atoms with Gasteiger partial charge >= 0.3 is 17.9 Å². The van der Waals surface area contributed by atoms with E-state index in [1.165, 1.54) is 122 Å². The van der Waals surface area contributed by atoms with Crippen LogP contribution in [0.5, 0.6) is 0 Å². The van der Waals surface area contributed by atoms with Gasteiger partial charge in [-0.25, -0.2) is 0 Å². The van der Waals surface area contributed by atoms with E-state index in [0.29, 0.717) is 19.3 Å². The SMILES string of the molecule is CCCCCCCCCCCCCCCC(=O)OC[C@@H](COC(=O)CCCCCCCCC(C)CC)OC(=O)CCCCCCCCC. The second kappa shape index (κ2) is 36.7. The molecule has 0 amide bonds. The second-order valence-electron chi connectivity index (χ2n) is 14.5. The van der Waals surface area contributed by atoms with Gasteiger partial charge in [-0.1, -0.05) is 188 Å². The van der Waals surface area contributed by atoms with Gasteiger partial charge in [-0.2, -0.15) is 0 Å². The summed E-state index contributed by atoms with van der Waals surface area (Å²) in [7, 11) is 0. The fraction of sp³-hybridized carbons (Fsp3) is 0.929. The molecule has 6 heteroatoms. The first-order valence-electron chi connectivity index (χ1n) is 20.9. The molecular weight excluding hydrogens is 600 g/mol. The average molecular weight is 681 g/mol. The molecule has 0 aromatic heterocycles. The Labute approximate surface area is 298 Å². The number of rotatable bonds is 37. The Balaban J connectivity index is 4.28. The Morgan fingerprint density at radius 1 is 0.417 bits per heavy atom. The lowest BCUT2D eigenvalue weighted by molar-refractivity contribution is -0.167. The molecule has 0 bridgehead atoms. The lowest BCUT2D eigenvalue weighted by Crippen LogP contribution is -2.30. The first kappa shape index (κ1) is 46.4. The van der Waals surface area contributed by atoms with Crippen LogP contribution in [0.1, 0.15) is 227 Å². The Hall–Kier alpha value is -1.59. The molecule has 0 aromatic rings. The molecule has 0 radical (unpaired) electrons. The highest BCUT2D eigenvalue weighted by Crippen LogP contribution is 2.16. The molecule has 0 aliphatic rings. The summed E-state index contributed by atoms with van der Waals surface area (Å²) >= 11 is 0. The van der Waals surface area contributed by atoms with Crippen molar-refractivity contribution in [2.75, 3.05) is 13.2 Å². The van der Waals surface area contributed by atoms with Crippen LogP contribution >= 0.6 is 0 Å². The van der Waals surface area contributed by atoms with Gasteiger partial charge in [0.25, 0.3) is 0 Å². The van der Waals surface area contributed by atoms with E-state index in [-0.39, 0.29) is 31.1 Å². The summed E-state index contributed by atoms with van der Waals surface area (Å²) in [6.45, 7) is 8.91. The van der Waals surface area contributed by atoms with E-state index in [4.69, 9.17) is 14.2 Å². The number of carbonyl (C=O) groups is 3. The summed E-state index contributed by atoms with van der Waals surface area (Å²) in [6.07, 6.45) is 33.8. The molecule has 0 aliphatic carbocycles. The molecular formula is C42H80O6. The number of hydrogen-bond donors (Lipinski definition) is 0. The highest BCUT2D eigenvalue weighted by Gasteiger charge is 2.19. The van der Waals surface area contributed by atoms with Crippen molar-refractivity contribution in [3.63, 3.8) is 0 Å². The maximum Gasteiger partial charge on any atom is 0.306 e. The molecule has 0 aromatic carbocycles.